The van der Waals surface area contributed by atoms with Gasteiger partial charge in [-0.05, 0) is 37.0 Å². The van der Waals surface area contributed by atoms with E-state index in [2.05, 4.69) is 13.2 Å². The highest BCUT2D eigenvalue weighted by Crippen LogP contribution is 2.35. The van der Waals surface area contributed by atoms with E-state index in [1.54, 1.807) is 13.0 Å². The first-order chi connectivity index (χ1) is 10.3. The Kier molecular flexibility index (Phi) is 4.86. The van der Waals surface area contributed by atoms with Crippen molar-refractivity contribution in [2.75, 3.05) is 0 Å². The summed E-state index contributed by atoms with van der Waals surface area (Å²) in [5.41, 5.74) is 1.86. The van der Waals surface area contributed by atoms with Crippen LogP contribution < -0.4 is 0 Å². The average molecular weight is 306 g/mol. The Balaban J connectivity index is 2.33. The number of hydrogen-bond donors (Lipinski definition) is 1. The summed E-state index contributed by atoms with van der Waals surface area (Å²) in [6.07, 6.45) is 1.56. The number of fused-ring (bicyclic) bond motifs is 1. The predicted octanol–water partition coefficient (Wildman–Crippen LogP) is 2.06. The van der Waals surface area contributed by atoms with Gasteiger partial charge in [-0.25, -0.2) is 4.79 Å². The molecule has 22 heavy (non-hydrogen) atoms. The first-order valence-electron chi connectivity index (χ1n) is 7.40. The standard InChI is InChI=1S/C17H22O5/c1-9-5-6-13-11(3)17(20)22-16(13)7-10(2)15(8-14(9)19)21-12(4)18/h7,13-16,19H,1,3,5-6,8H2,2,4H3. The zero-order chi connectivity index (χ0) is 16.4. The molecule has 0 spiro atoms. The molecule has 1 aliphatic heterocycles. The molecular weight excluding hydrogens is 284 g/mol. The van der Waals surface area contributed by atoms with E-state index in [1.807, 2.05) is 0 Å². The smallest absolute Gasteiger partial charge is 0.334 e. The predicted molar refractivity (Wildman–Crippen MR) is 80.8 cm³/mol. The minimum absolute atomic E-state index is 0.137. The van der Waals surface area contributed by atoms with E-state index < -0.39 is 30.3 Å². The second-order valence-electron chi connectivity index (χ2n) is 5.96. The molecule has 5 nitrogen and oxygen atoms in total. The molecule has 2 rings (SSSR count). The van der Waals surface area contributed by atoms with Crippen LogP contribution in [0.25, 0.3) is 0 Å². The zero-order valence-electron chi connectivity index (χ0n) is 13.0. The summed E-state index contributed by atoms with van der Waals surface area (Å²) in [7, 11) is 0. The molecule has 4 atom stereocenters. The lowest BCUT2D eigenvalue weighted by Gasteiger charge is -2.26. The number of carbonyl (C=O) groups is 2. The van der Waals surface area contributed by atoms with Gasteiger partial charge in [0.05, 0.1) is 6.10 Å². The second-order valence-corrected chi connectivity index (χ2v) is 5.96. The Bertz CT molecular complexity index is 545. The van der Waals surface area contributed by atoms with Crippen molar-refractivity contribution in [3.8, 4) is 0 Å². The lowest BCUT2D eigenvalue weighted by molar-refractivity contribution is -0.146. The van der Waals surface area contributed by atoms with E-state index in [0.717, 1.165) is 5.57 Å². The van der Waals surface area contributed by atoms with Gasteiger partial charge in [0.25, 0.3) is 0 Å². The number of aliphatic hydroxyl groups is 1. The van der Waals surface area contributed by atoms with Crippen molar-refractivity contribution in [1.82, 2.24) is 0 Å². The minimum atomic E-state index is -0.754. The molecule has 1 N–H and O–H groups in total. The molecular formula is C17H22O5. The van der Waals surface area contributed by atoms with Crippen molar-refractivity contribution in [2.45, 2.75) is 51.4 Å². The second kappa shape index (κ2) is 6.48. The first kappa shape index (κ1) is 16.5. The van der Waals surface area contributed by atoms with Crippen molar-refractivity contribution in [3.63, 3.8) is 0 Å². The van der Waals surface area contributed by atoms with Crippen LogP contribution in [-0.2, 0) is 19.1 Å². The molecule has 0 bridgehead atoms. The van der Waals surface area contributed by atoms with Crippen molar-refractivity contribution in [1.29, 1.82) is 0 Å². The summed E-state index contributed by atoms with van der Waals surface area (Å²) in [6, 6.07) is 0. The Morgan fingerprint density at radius 1 is 1.45 bits per heavy atom. The summed E-state index contributed by atoms with van der Waals surface area (Å²) >= 11 is 0. The van der Waals surface area contributed by atoms with Crippen molar-refractivity contribution in [3.05, 3.63) is 36.0 Å². The van der Waals surface area contributed by atoms with Crippen LogP contribution in [0.4, 0.5) is 0 Å². The molecule has 0 saturated carbocycles. The molecule has 4 unspecified atom stereocenters. The molecule has 0 radical (unpaired) electrons. The number of esters is 2. The minimum Gasteiger partial charge on any atom is -0.458 e. The molecule has 1 fully saturated rings. The van der Waals surface area contributed by atoms with Gasteiger partial charge < -0.3 is 14.6 Å². The molecule has 0 amide bonds. The lowest BCUT2D eigenvalue weighted by atomic mass is 9.85. The van der Waals surface area contributed by atoms with E-state index in [9.17, 15) is 14.7 Å². The van der Waals surface area contributed by atoms with Crippen molar-refractivity contribution < 1.29 is 24.2 Å². The van der Waals surface area contributed by atoms with Gasteiger partial charge in [-0.15, -0.1) is 0 Å². The van der Waals surface area contributed by atoms with Crippen LogP contribution in [0.1, 0.15) is 33.1 Å². The van der Waals surface area contributed by atoms with E-state index >= 15 is 0 Å². The van der Waals surface area contributed by atoms with Crippen LogP contribution in [0.5, 0.6) is 0 Å². The molecule has 1 saturated heterocycles. The quantitative estimate of drug-likeness (QED) is 0.456. The van der Waals surface area contributed by atoms with Gasteiger partial charge in [0.15, 0.2) is 0 Å². The fraction of sp³-hybridized carbons (Fsp3) is 0.529. The molecule has 5 heteroatoms. The number of carbonyl (C=O) groups excluding carboxylic acids is 2. The van der Waals surface area contributed by atoms with Crippen molar-refractivity contribution >= 4 is 11.9 Å². The summed E-state index contributed by atoms with van der Waals surface area (Å²) in [4.78, 5) is 23.0. The average Bonchev–Trinajstić information content (AvgIpc) is 2.69. The van der Waals surface area contributed by atoms with Gasteiger partial charge in [-0.2, -0.15) is 0 Å². The molecule has 1 aliphatic carbocycles. The van der Waals surface area contributed by atoms with Crippen LogP contribution in [0.3, 0.4) is 0 Å². The maximum atomic E-state index is 11.7. The lowest BCUT2D eigenvalue weighted by Crippen LogP contribution is -2.28. The van der Waals surface area contributed by atoms with E-state index in [0.29, 0.717) is 24.0 Å². The first-order valence-corrected chi connectivity index (χ1v) is 7.40. The van der Waals surface area contributed by atoms with E-state index in [-0.39, 0.29) is 12.3 Å². The fourth-order valence-electron chi connectivity index (χ4n) is 2.89. The Morgan fingerprint density at radius 3 is 2.77 bits per heavy atom. The third-order valence-corrected chi connectivity index (χ3v) is 4.28. The largest absolute Gasteiger partial charge is 0.458 e. The van der Waals surface area contributed by atoms with Crippen LogP contribution in [0.15, 0.2) is 36.0 Å². The van der Waals surface area contributed by atoms with Crippen molar-refractivity contribution in [2.24, 2.45) is 5.92 Å². The normalized spacial score (nSPS) is 32.9. The SMILES string of the molecule is C=C1CCC2C(=C)C(=O)OC2C=C(C)C(OC(C)=O)CC1O. The maximum Gasteiger partial charge on any atom is 0.334 e. The monoisotopic (exact) mass is 306 g/mol. The Labute approximate surface area is 130 Å². The zero-order valence-corrected chi connectivity index (χ0v) is 13.0. The number of rotatable bonds is 1. The summed E-state index contributed by atoms with van der Waals surface area (Å²) in [6.45, 7) is 10.8. The molecule has 0 aromatic rings. The fourth-order valence-corrected chi connectivity index (χ4v) is 2.89. The Hall–Kier alpha value is -1.88. The number of hydrogen-bond acceptors (Lipinski definition) is 5. The van der Waals surface area contributed by atoms with E-state index in [4.69, 9.17) is 9.47 Å². The summed E-state index contributed by atoms with van der Waals surface area (Å²) in [5.74, 6) is -0.951. The van der Waals surface area contributed by atoms with Gasteiger partial charge in [0.2, 0.25) is 0 Å². The van der Waals surface area contributed by atoms with Gasteiger partial charge in [0, 0.05) is 24.8 Å². The number of aliphatic hydroxyl groups excluding tert-OH is 1. The molecule has 1 heterocycles. The van der Waals surface area contributed by atoms with E-state index in [1.165, 1.54) is 6.92 Å². The summed E-state index contributed by atoms with van der Waals surface area (Å²) in [5, 5.41) is 10.2. The van der Waals surface area contributed by atoms with Gasteiger partial charge in [-0.3, -0.25) is 4.79 Å². The molecule has 0 aromatic carbocycles. The molecule has 2 aliphatic rings. The highest BCUT2D eigenvalue weighted by molar-refractivity contribution is 5.91. The van der Waals surface area contributed by atoms with Crippen LogP contribution in [0, 0.1) is 5.92 Å². The van der Waals surface area contributed by atoms with Gasteiger partial charge in [-0.1, -0.05) is 13.2 Å². The third-order valence-electron chi connectivity index (χ3n) is 4.28. The number of ether oxygens (including phenoxy) is 2. The maximum absolute atomic E-state index is 11.7. The van der Waals surface area contributed by atoms with Gasteiger partial charge >= 0.3 is 11.9 Å². The third kappa shape index (κ3) is 3.47. The highest BCUT2D eigenvalue weighted by Gasteiger charge is 2.38. The highest BCUT2D eigenvalue weighted by atomic mass is 16.6. The Morgan fingerprint density at radius 2 is 2.14 bits per heavy atom. The van der Waals surface area contributed by atoms with Gasteiger partial charge in [0.1, 0.15) is 12.2 Å². The van der Waals surface area contributed by atoms with Crippen LogP contribution in [-0.4, -0.2) is 35.4 Å². The summed E-state index contributed by atoms with van der Waals surface area (Å²) < 4.78 is 10.6. The molecule has 120 valence electrons. The van der Waals surface area contributed by atoms with Crippen LogP contribution in [0.2, 0.25) is 0 Å². The topological polar surface area (TPSA) is 72.8 Å². The molecule has 0 aromatic heterocycles. The van der Waals surface area contributed by atoms with Crippen LogP contribution >= 0.6 is 0 Å².